The van der Waals surface area contributed by atoms with Gasteiger partial charge in [-0.2, -0.15) is 18.1 Å². The summed E-state index contributed by atoms with van der Waals surface area (Å²) < 4.78 is 66.7. The molecular weight excluding hydrogens is 623 g/mol. The zero-order valence-corrected chi connectivity index (χ0v) is 24.0. The predicted molar refractivity (Wildman–Crippen MR) is 144 cm³/mol. The van der Waals surface area contributed by atoms with E-state index in [9.17, 15) is 36.7 Å². The lowest BCUT2D eigenvalue weighted by molar-refractivity contribution is -0.275. The smallest absolute Gasteiger partial charge is 0.435 e. The van der Waals surface area contributed by atoms with E-state index in [1.54, 1.807) is 0 Å². The van der Waals surface area contributed by atoms with Gasteiger partial charge in [-0.05, 0) is 61.2 Å². The number of imide groups is 3. The topological polar surface area (TPSA) is 112 Å². The van der Waals surface area contributed by atoms with Crippen molar-refractivity contribution in [2.45, 2.75) is 38.0 Å². The lowest BCUT2D eigenvalue weighted by Gasteiger charge is -2.29. The summed E-state index contributed by atoms with van der Waals surface area (Å²) in [7, 11) is 1.17. The van der Waals surface area contributed by atoms with Gasteiger partial charge in [-0.25, -0.2) is 9.18 Å². The zero-order chi connectivity index (χ0) is 31.9. The van der Waals surface area contributed by atoms with Crippen LogP contribution in [0.5, 0.6) is 0 Å². The van der Waals surface area contributed by atoms with Gasteiger partial charge in [-0.1, -0.05) is 41.0 Å². The van der Waals surface area contributed by atoms with E-state index in [1.807, 2.05) is 0 Å². The van der Waals surface area contributed by atoms with Crippen LogP contribution in [-0.4, -0.2) is 54.4 Å². The molecule has 0 radical (unpaired) electrons. The summed E-state index contributed by atoms with van der Waals surface area (Å²) >= 11 is 11.5. The summed E-state index contributed by atoms with van der Waals surface area (Å²) in [6.45, 7) is 4.28. The molecule has 1 aliphatic carbocycles. The number of halogens is 6. The lowest BCUT2D eigenvalue weighted by Crippen LogP contribution is -2.43. The second-order valence-electron chi connectivity index (χ2n) is 9.92. The summed E-state index contributed by atoms with van der Waals surface area (Å²) in [6, 6.07) is 5.25. The van der Waals surface area contributed by atoms with Crippen LogP contribution in [0.1, 0.15) is 46.3 Å². The Morgan fingerprint density at radius 2 is 1.77 bits per heavy atom. The monoisotopic (exact) mass is 644 g/mol. The summed E-state index contributed by atoms with van der Waals surface area (Å²) in [4.78, 5) is 55.6. The van der Waals surface area contributed by atoms with Gasteiger partial charge in [0.05, 0.1) is 22.9 Å². The van der Waals surface area contributed by atoms with Crippen LogP contribution in [-0.2, 0) is 29.5 Å². The summed E-state index contributed by atoms with van der Waals surface area (Å²) in [5.41, 5.74) is -4.71. The first kappa shape index (κ1) is 32.0. The summed E-state index contributed by atoms with van der Waals surface area (Å²) in [5.74, 6) is -3.91. The van der Waals surface area contributed by atoms with Crippen molar-refractivity contribution in [2.75, 3.05) is 13.7 Å². The molecule has 3 amide bonds. The third-order valence-corrected chi connectivity index (χ3v) is 7.70. The van der Waals surface area contributed by atoms with Crippen molar-refractivity contribution in [1.82, 2.24) is 4.90 Å². The minimum atomic E-state index is -5.04. The number of carbonyl (C=O) groups is 4. The van der Waals surface area contributed by atoms with Crippen LogP contribution in [0.2, 0.25) is 10.0 Å². The summed E-state index contributed by atoms with van der Waals surface area (Å²) in [6.07, 6.45) is -5.74. The number of amides is 3. The molecule has 1 heterocycles. The molecule has 0 saturated heterocycles. The largest absolute Gasteiger partial charge is 0.468 e. The Kier molecular flexibility index (Phi) is 8.63. The van der Waals surface area contributed by atoms with Gasteiger partial charge in [0.25, 0.3) is 17.4 Å². The van der Waals surface area contributed by atoms with E-state index in [1.165, 1.54) is 32.2 Å². The molecule has 2 aliphatic rings. The van der Waals surface area contributed by atoms with Gasteiger partial charge in [0, 0.05) is 17.5 Å². The van der Waals surface area contributed by atoms with Crippen molar-refractivity contribution in [3.05, 3.63) is 81.1 Å². The number of rotatable bonds is 7. The number of aryl methyl sites for hydroxylation is 1. The highest BCUT2D eigenvalue weighted by Crippen LogP contribution is 2.50. The summed E-state index contributed by atoms with van der Waals surface area (Å²) in [5, 5.41) is 2.34. The number of carbonyl (C=O) groups excluding carboxylic acids is 4. The van der Waals surface area contributed by atoms with Crippen LogP contribution in [0, 0.1) is 18.2 Å². The van der Waals surface area contributed by atoms with Gasteiger partial charge in [-0.15, -0.1) is 0 Å². The van der Waals surface area contributed by atoms with Crippen LogP contribution >= 0.6 is 23.2 Å². The van der Waals surface area contributed by atoms with Crippen molar-refractivity contribution < 1.29 is 51.1 Å². The number of hydrogen-bond donors (Lipinski definition) is 0. The predicted octanol–water partition coefficient (Wildman–Crippen LogP) is 6.27. The molecule has 1 unspecified atom stereocenters. The number of benzene rings is 2. The average Bonchev–Trinajstić information content (AvgIpc) is 3.61. The molecule has 1 atom stereocenters. The Hall–Kier alpha value is -3.97. The molecule has 9 nitrogen and oxygen atoms in total. The van der Waals surface area contributed by atoms with Gasteiger partial charge in [0.1, 0.15) is 12.0 Å². The molecule has 0 aromatic heterocycles. The molecule has 228 valence electrons. The Morgan fingerprint density at radius 1 is 1.14 bits per heavy atom. The van der Waals surface area contributed by atoms with Crippen LogP contribution in [0.25, 0.3) is 0 Å². The highest BCUT2D eigenvalue weighted by atomic mass is 35.5. The van der Waals surface area contributed by atoms with Crippen molar-refractivity contribution in [1.29, 1.82) is 0 Å². The highest BCUT2D eigenvalue weighted by molar-refractivity contribution is 6.35. The molecule has 1 fully saturated rings. The molecule has 1 aliphatic heterocycles. The van der Waals surface area contributed by atoms with E-state index in [0.717, 1.165) is 12.1 Å². The fourth-order valence-electron chi connectivity index (χ4n) is 4.45. The van der Waals surface area contributed by atoms with Crippen molar-refractivity contribution in [3.63, 3.8) is 0 Å². The van der Waals surface area contributed by atoms with Crippen molar-refractivity contribution in [2.24, 2.45) is 10.6 Å². The van der Waals surface area contributed by atoms with Gasteiger partial charge < -0.3 is 14.3 Å². The van der Waals surface area contributed by atoms with Crippen LogP contribution < -0.4 is 0 Å². The maximum Gasteiger partial charge on any atom is 0.435 e. The van der Waals surface area contributed by atoms with E-state index >= 15 is 0 Å². The molecule has 2 aromatic carbocycles. The average molecular weight is 645 g/mol. The number of ether oxygens (including phenoxy) is 2. The third kappa shape index (κ3) is 5.83. The molecule has 15 heteroatoms. The second kappa shape index (κ2) is 11.6. The Balaban J connectivity index is 1.58. The number of esters is 1. The fourth-order valence-corrected chi connectivity index (χ4v) is 4.94. The van der Waals surface area contributed by atoms with Gasteiger partial charge in [-0.3, -0.25) is 14.4 Å². The van der Waals surface area contributed by atoms with Gasteiger partial charge in [0.2, 0.25) is 0 Å². The van der Waals surface area contributed by atoms with E-state index in [0.29, 0.717) is 18.9 Å². The first-order chi connectivity index (χ1) is 20.1. The van der Waals surface area contributed by atoms with Gasteiger partial charge >= 0.3 is 18.2 Å². The van der Waals surface area contributed by atoms with Crippen LogP contribution in [0.15, 0.2) is 48.1 Å². The quantitative estimate of drug-likeness (QED) is 0.151. The van der Waals surface area contributed by atoms with E-state index < -0.39 is 75.5 Å². The van der Waals surface area contributed by atoms with Crippen LogP contribution in [0.4, 0.5) is 22.4 Å². The minimum Gasteiger partial charge on any atom is -0.468 e. The molecule has 0 bridgehead atoms. The van der Waals surface area contributed by atoms with E-state index in [4.69, 9.17) is 37.5 Å². The molecule has 0 spiro atoms. The number of methoxy groups -OCH3 is 1. The zero-order valence-electron chi connectivity index (χ0n) is 22.5. The standard InChI is InChI=1S/C28H22Cl2F4N2O7/c1-4-21(37)36(25(40)42-13-26(7-8-26)24(39)41-3)23(38)17-6-5-15(9-14(17)2)20-12-27(43-35-20,28(32,33)34)16-10-18(29)22(31)19(30)11-16/h4-6,9-11H,1,7-8,12-13H2,2-3H3. The number of oxime groups is 1. The molecule has 43 heavy (non-hydrogen) atoms. The first-order valence-electron chi connectivity index (χ1n) is 12.4. The molecule has 1 saturated carbocycles. The van der Waals surface area contributed by atoms with Crippen molar-refractivity contribution in [3.8, 4) is 0 Å². The Morgan fingerprint density at radius 3 is 2.28 bits per heavy atom. The normalized spacial score (nSPS) is 18.7. The highest BCUT2D eigenvalue weighted by Gasteiger charge is 2.62. The van der Waals surface area contributed by atoms with Crippen molar-refractivity contribution >= 4 is 52.8 Å². The number of hydrogen-bond acceptors (Lipinski definition) is 8. The lowest BCUT2D eigenvalue weighted by atomic mass is 9.86. The molecule has 2 aromatic rings. The third-order valence-electron chi connectivity index (χ3n) is 7.15. The van der Waals surface area contributed by atoms with E-state index in [-0.39, 0.29) is 27.3 Å². The van der Waals surface area contributed by atoms with Crippen LogP contribution in [0.3, 0.4) is 0 Å². The number of nitrogens with zero attached hydrogens (tertiary/aromatic N) is 2. The second-order valence-corrected chi connectivity index (χ2v) is 10.7. The first-order valence-corrected chi connectivity index (χ1v) is 13.2. The maximum atomic E-state index is 14.3. The Bertz CT molecular complexity index is 1550. The Labute approximate surface area is 251 Å². The van der Waals surface area contributed by atoms with Gasteiger partial charge in [0.15, 0.2) is 5.82 Å². The van der Waals surface area contributed by atoms with E-state index in [2.05, 4.69) is 11.7 Å². The SMILES string of the molecule is C=CC(=O)N(C(=O)OCC1(C(=O)OC)CC1)C(=O)c1ccc(C2=NOC(c3cc(Cl)c(F)c(Cl)c3)(C(F)(F)F)C2)cc1C. The fraction of sp³-hybridized carbons (Fsp3) is 0.321. The molecular formula is C28H22Cl2F4N2O7. The minimum absolute atomic E-state index is 0.123. The maximum absolute atomic E-state index is 14.3. The molecule has 0 N–H and O–H groups in total. The number of alkyl halides is 3. The molecule has 4 rings (SSSR count).